The third kappa shape index (κ3) is 2.72. The Hall–Kier alpha value is -2.64. The van der Waals surface area contributed by atoms with E-state index >= 15 is 0 Å². The molecule has 0 saturated heterocycles. The van der Waals surface area contributed by atoms with Crippen molar-refractivity contribution in [2.75, 3.05) is 6.54 Å². The predicted octanol–water partition coefficient (Wildman–Crippen LogP) is 2.77. The third-order valence-electron chi connectivity index (χ3n) is 3.77. The number of fused-ring (bicyclic) bond motifs is 1. The average Bonchev–Trinajstić information content (AvgIpc) is 2.85. The fraction of sp³-hybridized carbons (Fsp3) is 0.222. The number of aryl methyl sites for hydroxylation is 1. The minimum absolute atomic E-state index is 0.579. The van der Waals surface area contributed by atoms with Gasteiger partial charge in [-0.15, -0.1) is 0 Å². The van der Waals surface area contributed by atoms with Crippen LogP contribution in [0.3, 0.4) is 0 Å². The van der Waals surface area contributed by atoms with Crippen molar-refractivity contribution in [3.63, 3.8) is 0 Å². The normalized spacial score (nSPS) is 10.8. The van der Waals surface area contributed by atoms with Crippen LogP contribution in [-0.4, -0.2) is 16.1 Å². The summed E-state index contributed by atoms with van der Waals surface area (Å²) in [6, 6.07) is 16.1. The molecule has 0 fully saturated rings. The molecule has 0 aliphatic carbocycles. The van der Waals surface area contributed by atoms with Gasteiger partial charge in [0.25, 0.3) is 0 Å². The zero-order valence-corrected chi connectivity index (χ0v) is 12.6. The van der Waals surface area contributed by atoms with E-state index in [9.17, 15) is 0 Å². The van der Waals surface area contributed by atoms with Crippen molar-refractivity contribution in [3.8, 4) is 6.07 Å². The molecule has 0 amide bonds. The average molecular weight is 290 g/mol. The van der Waals surface area contributed by atoms with Gasteiger partial charge in [-0.25, -0.2) is 4.98 Å². The monoisotopic (exact) mass is 290 g/mol. The summed E-state index contributed by atoms with van der Waals surface area (Å²) in [5.74, 6) is 1.01. The molecule has 2 aromatic carbocycles. The van der Waals surface area contributed by atoms with Crippen LogP contribution in [0, 0.1) is 18.3 Å². The quantitative estimate of drug-likeness (QED) is 0.803. The highest BCUT2D eigenvalue weighted by atomic mass is 15.1. The maximum absolute atomic E-state index is 8.89. The zero-order valence-electron chi connectivity index (χ0n) is 12.6. The number of imidazole rings is 1. The molecule has 0 unspecified atom stereocenters. The summed E-state index contributed by atoms with van der Waals surface area (Å²) in [5, 5.41) is 8.89. The van der Waals surface area contributed by atoms with E-state index in [2.05, 4.69) is 35.8 Å². The van der Waals surface area contributed by atoms with Crippen LogP contribution in [-0.2, 0) is 13.0 Å². The molecule has 22 heavy (non-hydrogen) atoms. The van der Waals surface area contributed by atoms with Gasteiger partial charge in [0.2, 0.25) is 0 Å². The van der Waals surface area contributed by atoms with Crippen LogP contribution < -0.4 is 5.73 Å². The molecule has 0 radical (unpaired) electrons. The van der Waals surface area contributed by atoms with E-state index in [1.54, 1.807) is 0 Å². The Kier molecular flexibility index (Phi) is 3.90. The van der Waals surface area contributed by atoms with Crippen molar-refractivity contribution in [1.29, 1.82) is 5.26 Å². The molecule has 0 bridgehead atoms. The first-order chi connectivity index (χ1) is 10.7. The first-order valence-corrected chi connectivity index (χ1v) is 7.36. The molecule has 3 rings (SSSR count). The topological polar surface area (TPSA) is 67.6 Å². The molecule has 0 aliphatic heterocycles. The van der Waals surface area contributed by atoms with Crippen LogP contribution >= 0.6 is 0 Å². The summed E-state index contributed by atoms with van der Waals surface area (Å²) in [6.07, 6.45) is 0.754. The van der Waals surface area contributed by atoms with Crippen molar-refractivity contribution >= 4 is 11.0 Å². The minimum atomic E-state index is 0.579. The summed E-state index contributed by atoms with van der Waals surface area (Å²) in [5.41, 5.74) is 10.9. The van der Waals surface area contributed by atoms with Gasteiger partial charge < -0.3 is 10.3 Å². The molecule has 1 aromatic heterocycles. The molecule has 1 heterocycles. The van der Waals surface area contributed by atoms with E-state index in [1.807, 2.05) is 24.3 Å². The number of nitrogens with two attached hydrogens (primary N) is 1. The van der Waals surface area contributed by atoms with Crippen LogP contribution in [0.15, 0.2) is 42.5 Å². The van der Waals surface area contributed by atoms with E-state index in [0.29, 0.717) is 12.1 Å². The van der Waals surface area contributed by atoms with Gasteiger partial charge in [-0.3, -0.25) is 0 Å². The lowest BCUT2D eigenvalue weighted by Gasteiger charge is -2.09. The summed E-state index contributed by atoms with van der Waals surface area (Å²) >= 11 is 0. The number of nitrogens with zero attached hydrogens (tertiary/aromatic N) is 3. The van der Waals surface area contributed by atoms with Gasteiger partial charge in [-0.1, -0.05) is 18.2 Å². The smallest absolute Gasteiger partial charge is 0.111 e. The van der Waals surface area contributed by atoms with Gasteiger partial charge in [0.15, 0.2) is 0 Å². The molecule has 110 valence electrons. The largest absolute Gasteiger partial charge is 0.330 e. The standard InChI is InChI=1S/C18H18N4/c1-13-2-7-17-16(10-13)21-18(8-9-19)22(17)12-15-5-3-14(11-20)4-6-15/h2-7,10H,8-9,12,19H2,1H3. The minimum Gasteiger partial charge on any atom is -0.330 e. The highest BCUT2D eigenvalue weighted by Crippen LogP contribution is 2.20. The van der Waals surface area contributed by atoms with E-state index in [1.165, 1.54) is 5.56 Å². The molecule has 4 heteroatoms. The number of benzene rings is 2. The van der Waals surface area contributed by atoms with E-state index in [4.69, 9.17) is 16.0 Å². The second kappa shape index (κ2) is 6.00. The van der Waals surface area contributed by atoms with Crippen LogP contribution in [0.2, 0.25) is 0 Å². The first-order valence-electron chi connectivity index (χ1n) is 7.36. The molecular formula is C18H18N4. The molecule has 0 saturated carbocycles. The third-order valence-corrected chi connectivity index (χ3v) is 3.77. The number of hydrogen-bond acceptors (Lipinski definition) is 3. The fourth-order valence-corrected chi connectivity index (χ4v) is 2.65. The highest BCUT2D eigenvalue weighted by molar-refractivity contribution is 5.77. The lowest BCUT2D eigenvalue weighted by molar-refractivity contribution is 0.734. The maximum Gasteiger partial charge on any atom is 0.111 e. The van der Waals surface area contributed by atoms with Gasteiger partial charge >= 0.3 is 0 Å². The molecule has 0 spiro atoms. The first kappa shape index (κ1) is 14.3. The highest BCUT2D eigenvalue weighted by Gasteiger charge is 2.10. The van der Waals surface area contributed by atoms with E-state index in [0.717, 1.165) is 35.4 Å². The maximum atomic E-state index is 8.89. The summed E-state index contributed by atoms with van der Waals surface area (Å²) in [4.78, 5) is 4.72. The van der Waals surface area contributed by atoms with Crippen molar-refractivity contribution in [1.82, 2.24) is 9.55 Å². The molecular weight excluding hydrogens is 272 g/mol. The lowest BCUT2D eigenvalue weighted by Crippen LogP contribution is -2.10. The SMILES string of the molecule is Cc1ccc2c(c1)nc(CCN)n2Cc1ccc(C#N)cc1. The summed E-state index contributed by atoms with van der Waals surface area (Å²) < 4.78 is 2.21. The Morgan fingerprint density at radius 2 is 1.95 bits per heavy atom. The molecule has 0 aliphatic rings. The van der Waals surface area contributed by atoms with Gasteiger partial charge in [0.1, 0.15) is 5.82 Å². The Morgan fingerprint density at radius 3 is 2.64 bits per heavy atom. The lowest BCUT2D eigenvalue weighted by atomic mass is 10.1. The van der Waals surface area contributed by atoms with Crippen molar-refractivity contribution in [2.24, 2.45) is 5.73 Å². The van der Waals surface area contributed by atoms with E-state index in [-0.39, 0.29) is 0 Å². The van der Waals surface area contributed by atoms with Crippen LogP contribution in [0.1, 0.15) is 22.5 Å². The van der Waals surface area contributed by atoms with Gasteiger partial charge in [0, 0.05) is 13.0 Å². The molecule has 3 aromatic rings. The number of hydrogen-bond donors (Lipinski definition) is 1. The Balaban J connectivity index is 2.03. The summed E-state index contributed by atoms with van der Waals surface area (Å²) in [6.45, 7) is 3.39. The fourth-order valence-electron chi connectivity index (χ4n) is 2.65. The second-order valence-electron chi connectivity index (χ2n) is 5.45. The van der Waals surface area contributed by atoms with Crippen LogP contribution in [0.4, 0.5) is 0 Å². The number of aromatic nitrogens is 2. The van der Waals surface area contributed by atoms with Gasteiger partial charge in [-0.05, 0) is 48.9 Å². The number of nitriles is 1. The van der Waals surface area contributed by atoms with Gasteiger partial charge in [0.05, 0.1) is 22.7 Å². The van der Waals surface area contributed by atoms with Crippen molar-refractivity contribution in [2.45, 2.75) is 19.9 Å². The number of rotatable bonds is 4. The Morgan fingerprint density at radius 1 is 1.18 bits per heavy atom. The van der Waals surface area contributed by atoms with E-state index < -0.39 is 0 Å². The molecule has 4 nitrogen and oxygen atoms in total. The van der Waals surface area contributed by atoms with Crippen molar-refractivity contribution < 1.29 is 0 Å². The molecule has 2 N–H and O–H groups in total. The molecule has 0 atom stereocenters. The predicted molar refractivity (Wildman–Crippen MR) is 87.5 cm³/mol. The van der Waals surface area contributed by atoms with Crippen molar-refractivity contribution in [3.05, 3.63) is 65.0 Å². The Bertz CT molecular complexity index is 838. The second-order valence-corrected chi connectivity index (χ2v) is 5.45. The van der Waals surface area contributed by atoms with Gasteiger partial charge in [-0.2, -0.15) is 5.26 Å². The van der Waals surface area contributed by atoms with Crippen LogP contribution in [0.5, 0.6) is 0 Å². The van der Waals surface area contributed by atoms with Crippen LogP contribution in [0.25, 0.3) is 11.0 Å². The summed E-state index contributed by atoms with van der Waals surface area (Å²) in [7, 11) is 0. The Labute approximate surface area is 129 Å². The zero-order chi connectivity index (χ0) is 15.5.